The van der Waals surface area contributed by atoms with Gasteiger partial charge >= 0.3 is 0 Å². The summed E-state index contributed by atoms with van der Waals surface area (Å²) in [6.45, 7) is 2.75. The minimum Gasteiger partial charge on any atom is -0.497 e. The molecule has 0 heterocycles. The van der Waals surface area contributed by atoms with Gasteiger partial charge in [0.1, 0.15) is 5.75 Å². The highest BCUT2D eigenvalue weighted by atomic mass is 35.5. The number of nitrogens with one attached hydrogen (secondary N) is 1. The SMILES string of the molecule is COc1ccc(C(C)CC(=O)NC2CCCCC2CN)cc1.Cl. The van der Waals surface area contributed by atoms with E-state index in [1.807, 2.05) is 24.3 Å². The number of hydrogen-bond donors (Lipinski definition) is 2. The van der Waals surface area contributed by atoms with Crippen LogP contribution in [0.4, 0.5) is 0 Å². The van der Waals surface area contributed by atoms with Gasteiger partial charge in [0.15, 0.2) is 0 Å². The van der Waals surface area contributed by atoms with E-state index in [1.54, 1.807) is 7.11 Å². The van der Waals surface area contributed by atoms with Crippen molar-refractivity contribution in [3.63, 3.8) is 0 Å². The third-order valence-corrected chi connectivity index (χ3v) is 4.73. The van der Waals surface area contributed by atoms with Gasteiger partial charge < -0.3 is 15.8 Å². The Morgan fingerprint density at radius 1 is 1.30 bits per heavy atom. The molecule has 1 aromatic rings. The molecule has 0 aliphatic heterocycles. The van der Waals surface area contributed by atoms with Gasteiger partial charge in [0.25, 0.3) is 0 Å². The van der Waals surface area contributed by atoms with Crippen molar-refractivity contribution in [1.29, 1.82) is 0 Å². The van der Waals surface area contributed by atoms with Crippen molar-refractivity contribution >= 4 is 18.3 Å². The molecule has 2 rings (SSSR count). The van der Waals surface area contributed by atoms with Gasteiger partial charge in [-0.1, -0.05) is 31.9 Å². The second kappa shape index (κ2) is 9.78. The second-order valence-corrected chi connectivity index (χ2v) is 6.33. The number of benzene rings is 1. The van der Waals surface area contributed by atoms with Crippen molar-refractivity contribution in [3.05, 3.63) is 29.8 Å². The van der Waals surface area contributed by atoms with Crippen molar-refractivity contribution in [2.24, 2.45) is 11.7 Å². The summed E-state index contributed by atoms with van der Waals surface area (Å²) in [5.74, 6) is 1.61. The molecule has 3 unspecified atom stereocenters. The number of carbonyl (C=O) groups is 1. The maximum absolute atomic E-state index is 12.3. The zero-order chi connectivity index (χ0) is 15.9. The number of ether oxygens (including phenoxy) is 1. The predicted molar refractivity (Wildman–Crippen MR) is 96.2 cm³/mol. The highest BCUT2D eigenvalue weighted by Crippen LogP contribution is 2.25. The predicted octanol–water partition coefficient (Wildman–Crippen LogP) is 3.24. The Kier molecular flexibility index (Phi) is 8.42. The average Bonchev–Trinajstić information content (AvgIpc) is 2.55. The van der Waals surface area contributed by atoms with E-state index >= 15 is 0 Å². The molecule has 0 bridgehead atoms. The fraction of sp³-hybridized carbons (Fsp3) is 0.611. The van der Waals surface area contributed by atoms with Crippen LogP contribution in [0.3, 0.4) is 0 Å². The van der Waals surface area contributed by atoms with E-state index in [4.69, 9.17) is 10.5 Å². The van der Waals surface area contributed by atoms with Gasteiger partial charge in [-0.15, -0.1) is 12.4 Å². The number of methoxy groups -OCH3 is 1. The summed E-state index contributed by atoms with van der Waals surface area (Å²) >= 11 is 0. The highest BCUT2D eigenvalue weighted by molar-refractivity contribution is 5.85. The fourth-order valence-corrected chi connectivity index (χ4v) is 3.27. The zero-order valence-electron chi connectivity index (χ0n) is 14.1. The first-order valence-electron chi connectivity index (χ1n) is 8.27. The van der Waals surface area contributed by atoms with Gasteiger partial charge in [0.2, 0.25) is 5.91 Å². The van der Waals surface area contributed by atoms with Gasteiger partial charge in [-0.05, 0) is 48.9 Å². The van der Waals surface area contributed by atoms with Crippen molar-refractivity contribution in [3.8, 4) is 5.75 Å². The molecule has 3 N–H and O–H groups in total. The quantitative estimate of drug-likeness (QED) is 0.835. The lowest BCUT2D eigenvalue weighted by molar-refractivity contribution is -0.122. The average molecular weight is 341 g/mol. The minimum atomic E-state index is 0. The first-order chi connectivity index (χ1) is 10.6. The monoisotopic (exact) mass is 340 g/mol. The van der Waals surface area contributed by atoms with Crippen molar-refractivity contribution < 1.29 is 9.53 Å². The van der Waals surface area contributed by atoms with E-state index < -0.39 is 0 Å². The number of halogens is 1. The van der Waals surface area contributed by atoms with Gasteiger partial charge in [-0.25, -0.2) is 0 Å². The maximum atomic E-state index is 12.3. The van der Waals surface area contributed by atoms with Crippen LogP contribution in [-0.4, -0.2) is 25.6 Å². The number of carbonyl (C=O) groups excluding carboxylic acids is 1. The standard InChI is InChI=1S/C18H28N2O2.ClH/c1-13(14-7-9-16(22-2)10-8-14)11-18(21)20-17-6-4-3-5-15(17)12-19;/h7-10,13,15,17H,3-6,11-12,19H2,1-2H3,(H,20,21);1H. The first kappa shape index (κ1) is 19.8. The smallest absolute Gasteiger partial charge is 0.220 e. The molecule has 0 radical (unpaired) electrons. The normalized spacial score (nSPS) is 21.9. The molecule has 23 heavy (non-hydrogen) atoms. The second-order valence-electron chi connectivity index (χ2n) is 6.33. The van der Waals surface area contributed by atoms with Gasteiger partial charge in [-0.3, -0.25) is 4.79 Å². The Morgan fingerprint density at radius 3 is 2.57 bits per heavy atom. The Balaban J connectivity index is 0.00000264. The van der Waals surface area contributed by atoms with Crippen LogP contribution in [0.1, 0.15) is 50.5 Å². The van der Waals surface area contributed by atoms with Crippen LogP contribution >= 0.6 is 12.4 Å². The molecule has 1 amide bonds. The molecule has 0 spiro atoms. The summed E-state index contributed by atoms with van der Waals surface area (Å²) < 4.78 is 5.16. The van der Waals surface area contributed by atoms with Crippen LogP contribution in [0.15, 0.2) is 24.3 Å². The van der Waals surface area contributed by atoms with E-state index in [0.717, 1.165) is 24.2 Å². The molecule has 1 aliphatic carbocycles. The maximum Gasteiger partial charge on any atom is 0.220 e. The third-order valence-electron chi connectivity index (χ3n) is 4.73. The molecule has 1 saturated carbocycles. The lowest BCUT2D eigenvalue weighted by Crippen LogP contribution is -2.44. The van der Waals surface area contributed by atoms with Crippen LogP contribution in [0.2, 0.25) is 0 Å². The third kappa shape index (κ3) is 5.70. The lowest BCUT2D eigenvalue weighted by Gasteiger charge is -2.31. The molecular weight excluding hydrogens is 312 g/mol. The number of amides is 1. The summed E-state index contributed by atoms with van der Waals surface area (Å²) in [6, 6.07) is 8.19. The van der Waals surface area contributed by atoms with Gasteiger partial charge in [-0.2, -0.15) is 0 Å². The van der Waals surface area contributed by atoms with Crippen molar-refractivity contribution in [1.82, 2.24) is 5.32 Å². The van der Waals surface area contributed by atoms with Crippen LogP contribution < -0.4 is 15.8 Å². The largest absolute Gasteiger partial charge is 0.497 e. The summed E-state index contributed by atoms with van der Waals surface area (Å²) in [5, 5.41) is 3.20. The first-order valence-corrected chi connectivity index (χ1v) is 8.27. The minimum absolute atomic E-state index is 0. The Bertz CT molecular complexity index is 478. The highest BCUT2D eigenvalue weighted by Gasteiger charge is 2.25. The number of rotatable bonds is 6. The summed E-state index contributed by atoms with van der Waals surface area (Å²) in [4.78, 5) is 12.3. The fourth-order valence-electron chi connectivity index (χ4n) is 3.27. The molecule has 4 nitrogen and oxygen atoms in total. The zero-order valence-corrected chi connectivity index (χ0v) is 14.9. The van der Waals surface area contributed by atoms with E-state index in [0.29, 0.717) is 18.9 Å². The summed E-state index contributed by atoms with van der Waals surface area (Å²) in [7, 11) is 1.66. The van der Waals surface area contributed by atoms with Crippen LogP contribution in [0, 0.1) is 5.92 Å². The molecule has 0 saturated heterocycles. The van der Waals surface area contributed by atoms with E-state index in [-0.39, 0.29) is 30.3 Å². The van der Waals surface area contributed by atoms with Crippen LogP contribution in [-0.2, 0) is 4.79 Å². The molecular formula is C18H29ClN2O2. The number of nitrogens with two attached hydrogens (primary N) is 1. The Hall–Kier alpha value is -1.26. The molecule has 130 valence electrons. The Morgan fingerprint density at radius 2 is 1.96 bits per heavy atom. The lowest BCUT2D eigenvalue weighted by atomic mass is 9.84. The molecule has 1 fully saturated rings. The molecule has 1 aliphatic rings. The number of hydrogen-bond acceptors (Lipinski definition) is 3. The van der Waals surface area contributed by atoms with Gasteiger partial charge in [0.05, 0.1) is 7.11 Å². The topological polar surface area (TPSA) is 64.3 Å². The van der Waals surface area contributed by atoms with Crippen molar-refractivity contribution in [2.75, 3.05) is 13.7 Å². The molecule has 1 aromatic carbocycles. The van der Waals surface area contributed by atoms with Crippen molar-refractivity contribution in [2.45, 2.75) is 51.0 Å². The molecule has 5 heteroatoms. The van der Waals surface area contributed by atoms with E-state index in [2.05, 4.69) is 12.2 Å². The van der Waals surface area contributed by atoms with Gasteiger partial charge in [0, 0.05) is 12.5 Å². The van der Waals surface area contributed by atoms with Crippen LogP contribution in [0.25, 0.3) is 0 Å². The molecule has 0 aromatic heterocycles. The van der Waals surface area contributed by atoms with E-state index in [9.17, 15) is 4.79 Å². The summed E-state index contributed by atoms with van der Waals surface area (Å²) in [6.07, 6.45) is 5.13. The van der Waals surface area contributed by atoms with E-state index in [1.165, 1.54) is 12.8 Å². The summed E-state index contributed by atoms with van der Waals surface area (Å²) in [5.41, 5.74) is 6.99. The molecule has 3 atom stereocenters. The van der Waals surface area contributed by atoms with Crippen LogP contribution in [0.5, 0.6) is 5.75 Å². The Labute approximate surface area is 145 Å².